The molecule has 536 valence electrons. The summed E-state index contributed by atoms with van der Waals surface area (Å²) in [6, 6.07) is 145. The van der Waals surface area contributed by atoms with Crippen molar-refractivity contribution in [2.45, 2.75) is 0 Å². The molecule has 0 aliphatic rings. The normalized spacial score (nSPS) is 12.0. The molecule has 7 aromatic heterocycles. The maximum atomic E-state index is 6.40. The summed E-state index contributed by atoms with van der Waals surface area (Å²) in [6.45, 7) is 0. The average Bonchev–Trinajstić information content (AvgIpc) is 1.58. The summed E-state index contributed by atoms with van der Waals surface area (Å²) in [5.41, 5.74) is 29.8. The third-order valence-corrected chi connectivity index (χ3v) is 25.1. The number of rotatable bonds is 9. The summed E-state index contributed by atoms with van der Waals surface area (Å²) in [6.07, 6.45) is 0. The highest BCUT2D eigenvalue weighted by Crippen LogP contribution is 2.46. The van der Waals surface area contributed by atoms with Gasteiger partial charge in [-0.3, -0.25) is 0 Å². The number of benzene rings is 18. The molecule has 0 bridgehead atoms. The molecule has 7 heteroatoms. The van der Waals surface area contributed by atoms with Crippen molar-refractivity contribution in [3.63, 3.8) is 0 Å². The van der Waals surface area contributed by atoms with Crippen LogP contribution in [0, 0.1) is 0 Å². The first-order valence-electron chi connectivity index (χ1n) is 39.3. The molecule has 0 saturated carbocycles. The Morgan fingerprint density at radius 3 is 0.974 bits per heavy atom. The van der Waals surface area contributed by atoms with Gasteiger partial charge in [0.25, 0.3) is 0 Å². The second kappa shape index (κ2) is 25.8. The highest BCUT2D eigenvalue weighted by Gasteiger charge is 2.22. The molecule has 18 aromatic carbocycles. The monoisotopic (exact) mass is 1480 g/mol. The smallest absolute Gasteiger partial charge is 0.143 e. The van der Waals surface area contributed by atoms with E-state index < -0.39 is 0 Å². The Hall–Kier alpha value is -15.0. The first-order chi connectivity index (χ1) is 57.0. The highest BCUT2D eigenvalue weighted by atomic mass is 32.1. The van der Waals surface area contributed by atoms with Gasteiger partial charge in [0.2, 0.25) is 0 Å². The Morgan fingerprint density at radius 2 is 0.487 bits per heavy atom. The van der Waals surface area contributed by atoms with Crippen molar-refractivity contribution in [3.8, 4) is 78.4 Å². The fourth-order valence-electron chi connectivity index (χ4n) is 18.5. The lowest BCUT2D eigenvalue weighted by Gasteiger charge is -2.11. The van der Waals surface area contributed by atoms with E-state index in [0.29, 0.717) is 0 Å². The van der Waals surface area contributed by atoms with Crippen molar-refractivity contribution in [2.24, 2.45) is 0 Å². The largest absolute Gasteiger partial charge is 0.456 e. The number of aromatic nitrogens is 4. The molecule has 0 unspecified atom stereocenters. The SMILES string of the molecule is c1ccc(-n2c3ccccc3c3cc(-c4ccc5c(c4)c4ccccc4n5-c4ccc(-c5ccc6oc7ccccc7c6c5)cc4)ccc32)cc1.c1ccc2c(c1)oc1c(-c3ccc(-n4c5ccccc5c5cc(-c6ccc7c(c6)c6ccccc6n7-c6ccc(-c7cccc8c7sc7ccccc78)cc6)ccc54)cc3)cccc12. The van der Waals surface area contributed by atoms with Gasteiger partial charge in [0.15, 0.2) is 0 Å². The van der Waals surface area contributed by atoms with Gasteiger partial charge in [-0.25, -0.2) is 0 Å². The maximum absolute atomic E-state index is 6.40. The van der Waals surface area contributed by atoms with E-state index in [-0.39, 0.29) is 0 Å². The highest BCUT2D eigenvalue weighted by molar-refractivity contribution is 7.26. The molecule has 25 aromatic rings. The van der Waals surface area contributed by atoms with Gasteiger partial charge in [-0.2, -0.15) is 0 Å². The molecule has 0 atom stereocenters. The molecule has 0 fully saturated rings. The Balaban J connectivity index is 0.000000136. The van der Waals surface area contributed by atoms with Gasteiger partial charge in [-0.1, -0.05) is 249 Å². The zero-order chi connectivity index (χ0) is 75.3. The van der Waals surface area contributed by atoms with Crippen LogP contribution in [0.5, 0.6) is 0 Å². The van der Waals surface area contributed by atoms with Crippen molar-refractivity contribution in [1.29, 1.82) is 0 Å². The number of furan rings is 2. The van der Waals surface area contributed by atoms with E-state index in [4.69, 9.17) is 8.83 Å². The third-order valence-electron chi connectivity index (χ3n) is 23.9. The van der Waals surface area contributed by atoms with E-state index in [0.717, 1.165) is 72.1 Å². The summed E-state index contributed by atoms with van der Waals surface area (Å²) in [4.78, 5) is 0. The van der Waals surface area contributed by atoms with Gasteiger partial charge >= 0.3 is 0 Å². The van der Waals surface area contributed by atoms with Crippen LogP contribution in [-0.4, -0.2) is 18.3 Å². The fourth-order valence-corrected chi connectivity index (χ4v) is 19.8. The lowest BCUT2D eigenvalue weighted by Crippen LogP contribution is -1.94. The molecular weight excluding hydrogens is 1420 g/mol. The van der Waals surface area contributed by atoms with Crippen LogP contribution < -0.4 is 0 Å². The quantitative estimate of drug-likeness (QED) is 0.145. The van der Waals surface area contributed by atoms with Crippen molar-refractivity contribution < 1.29 is 8.83 Å². The fraction of sp³-hybridized carbons (Fsp3) is 0. The molecule has 115 heavy (non-hydrogen) atoms. The number of hydrogen-bond acceptors (Lipinski definition) is 3. The second-order valence-corrected chi connectivity index (χ2v) is 31.2. The van der Waals surface area contributed by atoms with E-state index in [1.165, 1.54) is 158 Å². The first kappa shape index (κ1) is 64.8. The van der Waals surface area contributed by atoms with Gasteiger partial charge in [-0.15, -0.1) is 11.3 Å². The van der Waals surface area contributed by atoms with Crippen molar-refractivity contribution >= 4 is 163 Å². The van der Waals surface area contributed by atoms with Crippen LogP contribution in [0.25, 0.3) is 230 Å². The number of nitrogens with zero attached hydrogens (tertiary/aromatic N) is 4. The van der Waals surface area contributed by atoms with E-state index in [9.17, 15) is 0 Å². The lowest BCUT2D eigenvalue weighted by molar-refractivity contribution is 0.669. The van der Waals surface area contributed by atoms with Gasteiger partial charge in [0.05, 0.1) is 44.1 Å². The standard InChI is InChI=1S/C60H36N2OS.C48H30N2O/c1-5-19-53-45(11-1)51-35-39(27-33-55(51)61(53)41-29-23-37(24-30-41)43-15-9-17-49-47-13-3-7-21-57(47)63-59(43)49)40-28-34-56-52(36-40)46-12-2-6-20-54(46)62(56)42-31-25-38(26-32-42)44-16-10-18-50-48-14-4-8-22-58(48)64-60(44)50;1-2-10-35(11-3-1)49-43-15-7-4-12-37(43)40-28-33(20-25-45(40)49)34-21-26-46-41(29-34)38-13-5-8-16-44(38)50(46)36-23-18-31(19-24-36)32-22-27-48-42(30-32)39-14-6-9-17-47(39)51-48/h1-36H;1-30H. The van der Waals surface area contributed by atoms with E-state index in [2.05, 4.69) is 394 Å². The van der Waals surface area contributed by atoms with E-state index in [1.807, 2.05) is 35.6 Å². The lowest BCUT2D eigenvalue weighted by atomic mass is 10.0. The summed E-state index contributed by atoms with van der Waals surface area (Å²) in [7, 11) is 0. The molecule has 6 nitrogen and oxygen atoms in total. The van der Waals surface area contributed by atoms with Crippen LogP contribution in [0.2, 0.25) is 0 Å². The molecule has 7 heterocycles. The zero-order valence-electron chi connectivity index (χ0n) is 62.1. The predicted octanol–water partition coefficient (Wildman–Crippen LogP) is 30.3. The molecule has 0 amide bonds. The van der Waals surface area contributed by atoms with Crippen molar-refractivity contribution in [2.75, 3.05) is 0 Å². The Labute approximate surface area is 663 Å². The maximum Gasteiger partial charge on any atom is 0.143 e. The van der Waals surface area contributed by atoms with Gasteiger partial charge in [-0.05, 0) is 202 Å². The number of hydrogen-bond donors (Lipinski definition) is 0. The van der Waals surface area contributed by atoms with Crippen molar-refractivity contribution in [1.82, 2.24) is 18.3 Å². The van der Waals surface area contributed by atoms with Crippen LogP contribution in [0.3, 0.4) is 0 Å². The minimum atomic E-state index is 0.914. The Morgan fingerprint density at radius 1 is 0.174 bits per heavy atom. The predicted molar refractivity (Wildman–Crippen MR) is 485 cm³/mol. The minimum absolute atomic E-state index is 0.914. The van der Waals surface area contributed by atoms with Crippen LogP contribution in [0.1, 0.15) is 0 Å². The Bertz CT molecular complexity index is 7990. The molecule has 0 radical (unpaired) electrons. The van der Waals surface area contributed by atoms with Gasteiger partial charge in [0.1, 0.15) is 22.3 Å². The van der Waals surface area contributed by atoms with Gasteiger partial charge < -0.3 is 27.1 Å². The summed E-state index contributed by atoms with van der Waals surface area (Å²) in [5.74, 6) is 0. The number of para-hydroxylation sites is 8. The average molecular weight is 1480 g/mol. The molecule has 0 saturated heterocycles. The molecule has 0 aliphatic heterocycles. The minimum Gasteiger partial charge on any atom is -0.456 e. The van der Waals surface area contributed by atoms with Crippen LogP contribution in [-0.2, 0) is 0 Å². The van der Waals surface area contributed by atoms with Crippen molar-refractivity contribution in [3.05, 3.63) is 400 Å². The molecule has 0 N–H and O–H groups in total. The zero-order valence-corrected chi connectivity index (χ0v) is 62.9. The topological polar surface area (TPSA) is 46.0 Å². The molecular formula is C108H66N4O2S. The van der Waals surface area contributed by atoms with Gasteiger partial charge in [0, 0.05) is 113 Å². The Kier molecular flexibility index (Phi) is 14.5. The summed E-state index contributed by atoms with van der Waals surface area (Å²) in [5, 5.41) is 17.2. The molecule has 0 aliphatic carbocycles. The first-order valence-corrected chi connectivity index (χ1v) is 40.1. The number of fused-ring (bicyclic) bond motifs is 21. The summed E-state index contributed by atoms with van der Waals surface area (Å²) < 4.78 is 24.7. The molecule has 0 spiro atoms. The third kappa shape index (κ3) is 10.3. The number of thiophene rings is 1. The van der Waals surface area contributed by atoms with Crippen LogP contribution >= 0.6 is 11.3 Å². The van der Waals surface area contributed by atoms with E-state index in [1.54, 1.807) is 0 Å². The van der Waals surface area contributed by atoms with E-state index >= 15 is 0 Å². The summed E-state index contributed by atoms with van der Waals surface area (Å²) >= 11 is 1.88. The van der Waals surface area contributed by atoms with Crippen LogP contribution in [0.4, 0.5) is 0 Å². The molecule has 25 rings (SSSR count). The van der Waals surface area contributed by atoms with Crippen LogP contribution in [0.15, 0.2) is 409 Å². The second-order valence-electron chi connectivity index (χ2n) is 30.2.